The van der Waals surface area contributed by atoms with Crippen molar-refractivity contribution in [1.29, 1.82) is 0 Å². The highest BCUT2D eigenvalue weighted by molar-refractivity contribution is 5.21. The van der Waals surface area contributed by atoms with Gasteiger partial charge in [0.15, 0.2) is 0 Å². The fraction of sp³-hybridized carbons (Fsp3) is 0.500. The molecule has 2 unspecified atom stereocenters. The lowest BCUT2D eigenvalue weighted by atomic mass is 9.96. The van der Waals surface area contributed by atoms with Gasteiger partial charge in [-0.1, -0.05) is 12.1 Å². The van der Waals surface area contributed by atoms with E-state index in [1.165, 1.54) is 24.8 Å². The first-order valence-electron chi connectivity index (χ1n) is 5.25. The molecule has 76 valence electrons. The molecule has 1 aliphatic carbocycles. The molecular formula is C12H16FN. The molecule has 0 aromatic heterocycles. The molecule has 1 aromatic rings. The maximum atomic E-state index is 12.7. The fourth-order valence-electron chi connectivity index (χ4n) is 2.33. The smallest absolute Gasteiger partial charge is 0.123 e. The van der Waals surface area contributed by atoms with E-state index in [2.05, 4.69) is 0 Å². The van der Waals surface area contributed by atoms with Gasteiger partial charge in [-0.05, 0) is 55.3 Å². The molecule has 1 saturated carbocycles. The Labute approximate surface area is 84.1 Å². The van der Waals surface area contributed by atoms with Crippen LogP contribution in [-0.4, -0.2) is 6.54 Å². The van der Waals surface area contributed by atoms with Crippen molar-refractivity contribution in [2.75, 3.05) is 6.54 Å². The van der Waals surface area contributed by atoms with Crippen LogP contribution in [-0.2, 0) is 0 Å². The van der Waals surface area contributed by atoms with Crippen LogP contribution < -0.4 is 5.73 Å². The van der Waals surface area contributed by atoms with Crippen LogP contribution in [0.5, 0.6) is 0 Å². The summed E-state index contributed by atoms with van der Waals surface area (Å²) < 4.78 is 12.7. The Bertz CT molecular complexity index is 294. The van der Waals surface area contributed by atoms with Crippen molar-refractivity contribution in [3.05, 3.63) is 35.6 Å². The van der Waals surface area contributed by atoms with Crippen LogP contribution in [0.2, 0.25) is 0 Å². The maximum Gasteiger partial charge on any atom is 0.123 e. The third-order valence-corrected chi connectivity index (χ3v) is 3.22. The summed E-state index contributed by atoms with van der Waals surface area (Å²) in [5.41, 5.74) is 6.90. The number of hydrogen-bond donors (Lipinski definition) is 1. The number of halogens is 1. The van der Waals surface area contributed by atoms with Gasteiger partial charge in [0.25, 0.3) is 0 Å². The Morgan fingerprint density at radius 1 is 1.21 bits per heavy atom. The largest absolute Gasteiger partial charge is 0.330 e. The molecular weight excluding hydrogens is 177 g/mol. The van der Waals surface area contributed by atoms with Gasteiger partial charge >= 0.3 is 0 Å². The second-order valence-electron chi connectivity index (χ2n) is 4.16. The van der Waals surface area contributed by atoms with E-state index in [0.717, 1.165) is 6.54 Å². The van der Waals surface area contributed by atoms with Crippen molar-refractivity contribution < 1.29 is 4.39 Å². The molecule has 0 bridgehead atoms. The van der Waals surface area contributed by atoms with Gasteiger partial charge in [0.1, 0.15) is 5.82 Å². The molecule has 0 spiro atoms. The van der Waals surface area contributed by atoms with E-state index in [4.69, 9.17) is 5.73 Å². The minimum Gasteiger partial charge on any atom is -0.330 e. The first kappa shape index (κ1) is 9.66. The lowest BCUT2D eigenvalue weighted by Gasteiger charge is -2.10. The molecule has 0 heterocycles. The van der Waals surface area contributed by atoms with Crippen molar-refractivity contribution >= 4 is 0 Å². The zero-order valence-electron chi connectivity index (χ0n) is 8.25. The van der Waals surface area contributed by atoms with Gasteiger partial charge in [-0.25, -0.2) is 4.39 Å². The molecule has 0 amide bonds. The number of rotatable bonds is 2. The molecule has 2 rings (SSSR count). The summed E-state index contributed by atoms with van der Waals surface area (Å²) in [4.78, 5) is 0. The second-order valence-corrected chi connectivity index (χ2v) is 4.16. The summed E-state index contributed by atoms with van der Waals surface area (Å²) in [6, 6.07) is 6.90. The van der Waals surface area contributed by atoms with Crippen LogP contribution in [0.3, 0.4) is 0 Å². The maximum absolute atomic E-state index is 12.7. The first-order chi connectivity index (χ1) is 6.79. The van der Waals surface area contributed by atoms with Crippen LogP contribution in [0.1, 0.15) is 30.7 Å². The minimum absolute atomic E-state index is 0.151. The van der Waals surface area contributed by atoms with Crippen LogP contribution in [0, 0.1) is 11.7 Å². The number of hydrogen-bond acceptors (Lipinski definition) is 1. The Kier molecular flexibility index (Phi) is 2.82. The molecule has 14 heavy (non-hydrogen) atoms. The zero-order valence-corrected chi connectivity index (χ0v) is 8.25. The summed E-state index contributed by atoms with van der Waals surface area (Å²) in [5.74, 6) is 1.12. The fourth-order valence-corrected chi connectivity index (χ4v) is 2.33. The van der Waals surface area contributed by atoms with Gasteiger partial charge in [0, 0.05) is 0 Å². The van der Waals surface area contributed by atoms with E-state index >= 15 is 0 Å². The van der Waals surface area contributed by atoms with Crippen LogP contribution in [0.4, 0.5) is 4.39 Å². The Morgan fingerprint density at radius 2 is 1.93 bits per heavy atom. The van der Waals surface area contributed by atoms with Crippen LogP contribution in [0.15, 0.2) is 24.3 Å². The van der Waals surface area contributed by atoms with Crippen LogP contribution >= 0.6 is 0 Å². The molecule has 0 radical (unpaired) electrons. The van der Waals surface area contributed by atoms with Gasteiger partial charge in [-0.2, -0.15) is 0 Å². The Morgan fingerprint density at radius 3 is 2.50 bits per heavy atom. The number of benzene rings is 1. The summed E-state index contributed by atoms with van der Waals surface area (Å²) in [5, 5.41) is 0. The van der Waals surface area contributed by atoms with E-state index in [1.54, 1.807) is 12.1 Å². The minimum atomic E-state index is -0.151. The van der Waals surface area contributed by atoms with Crippen LogP contribution in [0.25, 0.3) is 0 Å². The van der Waals surface area contributed by atoms with Crippen molar-refractivity contribution in [2.24, 2.45) is 11.7 Å². The zero-order chi connectivity index (χ0) is 9.97. The third-order valence-electron chi connectivity index (χ3n) is 3.22. The molecule has 2 atom stereocenters. The lowest BCUT2D eigenvalue weighted by Crippen LogP contribution is -2.10. The highest BCUT2D eigenvalue weighted by Gasteiger charge is 2.24. The SMILES string of the molecule is NCC1CCC(c2ccc(F)cc2)C1. The predicted molar refractivity (Wildman–Crippen MR) is 55.5 cm³/mol. The highest BCUT2D eigenvalue weighted by Crippen LogP contribution is 2.37. The van der Waals surface area contributed by atoms with Crippen molar-refractivity contribution in [3.8, 4) is 0 Å². The van der Waals surface area contributed by atoms with E-state index in [-0.39, 0.29) is 5.82 Å². The quantitative estimate of drug-likeness (QED) is 0.767. The molecule has 1 nitrogen and oxygen atoms in total. The highest BCUT2D eigenvalue weighted by atomic mass is 19.1. The van der Waals surface area contributed by atoms with Gasteiger partial charge in [0.05, 0.1) is 0 Å². The topological polar surface area (TPSA) is 26.0 Å². The lowest BCUT2D eigenvalue weighted by molar-refractivity contribution is 0.551. The number of nitrogens with two attached hydrogens (primary N) is 1. The van der Waals surface area contributed by atoms with Crippen molar-refractivity contribution in [3.63, 3.8) is 0 Å². The van der Waals surface area contributed by atoms with E-state index in [0.29, 0.717) is 11.8 Å². The van der Waals surface area contributed by atoms with E-state index in [9.17, 15) is 4.39 Å². The summed E-state index contributed by atoms with van der Waals surface area (Å²) >= 11 is 0. The molecule has 0 saturated heterocycles. The molecule has 1 fully saturated rings. The summed E-state index contributed by atoms with van der Waals surface area (Å²) in [6.07, 6.45) is 3.59. The van der Waals surface area contributed by atoms with Gasteiger partial charge < -0.3 is 5.73 Å². The molecule has 1 aromatic carbocycles. The van der Waals surface area contributed by atoms with Gasteiger partial charge in [-0.15, -0.1) is 0 Å². The van der Waals surface area contributed by atoms with Crippen molar-refractivity contribution in [1.82, 2.24) is 0 Å². The summed E-state index contributed by atoms with van der Waals surface area (Å²) in [7, 11) is 0. The second kappa shape index (κ2) is 4.09. The average Bonchev–Trinajstić information content (AvgIpc) is 2.67. The molecule has 0 aliphatic heterocycles. The van der Waals surface area contributed by atoms with Crippen molar-refractivity contribution in [2.45, 2.75) is 25.2 Å². The van der Waals surface area contributed by atoms with Gasteiger partial charge in [0.2, 0.25) is 0 Å². The third kappa shape index (κ3) is 1.95. The monoisotopic (exact) mass is 193 g/mol. The van der Waals surface area contributed by atoms with E-state index < -0.39 is 0 Å². The average molecular weight is 193 g/mol. The standard InChI is InChI=1S/C12H16FN/c13-12-5-3-10(4-6-12)11-2-1-9(7-11)8-14/h3-6,9,11H,1-2,7-8,14H2. The summed E-state index contributed by atoms with van der Waals surface area (Å²) in [6.45, 7) is 0.789. The Balaban J connectivity index is 2.06. The molecule has 1 aliphatic rings. The Hall–Kier alpha value is -0.890. The first-order valence-corrected chi connectivity index (χ1v) is 5.25. The van der Waals surface area contributed by atoms with E-state index in [1.807, 2.05) is 12.1 Å². The van der Waals surface area contributed by atoms with Gasteiger partial charge in [-0.3, -0.25) is 0 Å². The predicted octanol–water partition coefficient (Wildman–Crippen LogP) is 2.67. The molecule has 2 N–H and O–H groups in total. The molecule has 2 heteroatoms. The normalized spacial score (nSPS) is 26.7.